The molecule has 0 bridgehead atoms. The van der Waals surface area contributed by atoms with Crippen molar-refractivity contribution >= 4 is 5.95 Å². The lowest BCUT2D eigenvalue weighted by atomic mass is 10.2. The van der Waals surface area contributed by atoms with E-state index in [-0.39, 0.29) is 0 Å². The number of nitrogens with zero attached hydrogens (tertiary/aromatic N) is 2. The maximum absolute atomic E-state index is 5.36. The van der Waals surface area contributed by atoms with Crippen LogP contribution in [0.3, 0.4) is 0 Å². The number of nitrogen functional groups attached to an aromatic ring is 1. The first kappa shape index (κ1) is 7.55. The van der Waals surface area contributed by atoms with Crippen LogP contribution in [0.2, 0.25) is 0 Å². The van der Waals surface area contributed by atoms with E-state index in [2.05, 4.69) is 15.9 Å². The van der Waals surface area contributed by atoms with Crippen LogP contribution in [-0.2, 0) is 6.42 Å². The summed E-state index contributed by atoms with van der Waals surface area (Å²) in [5.41, 5.74) is 6.26. The second-order valence-electron chi connectivity index (χ2n) is 2.11. The lowest BCUT2D eigenvalue weighted by Gasteiger charge is -1.95. The Labute approximate surface area is 65.7 Å². The van der Waals surface area contributed by atoms with Crippen molar-refractivity contribution in [2.24, 2.45) is 0 Å². The van der Waals surface area contributed by atoms with Crippen molar-refractivity contribution in [1.29, 1.82) is 0 Å². The minimum atomic E-state index is 0.305. The first-order chi connectivity index (χ1) is 5.33. The van der Waals surface area contributed by atoms with Crippen LogP contribution in [0.15, 0.2) is 12.3 Å². The maximum atomic E-state index is 5.36. The van der Waals surface area contributed by atoms with Crippen LogP contribution in [0.5, 0.6) is 0 Å². The van der Waals surface area contributed by atoms with Crippen LogP contribution in [0.25, 0.3) is 0 Å². The molecule has 0 unspecified atom stereocenters. The van der Waals surface area contributed by atoms with Gasteiger partial charge in [0.2, 0.25) is 5.95 Å². The molecule has 0 radical (unpaired) electrons. The number of nitrogens with two attached hydrogens (primary N) is 1. The fourth-order valence-electron chi connectivity index (χ4n) is 0.752. The Hall–Kier alpha value is -1.56. The summed E-state index contributed by atoms with van der Waals surface area (Å²) < 4.78 is 0. The number of anilines is 1. The summed E-state index contributed by atoms with van der Waals surface area (Å²) in [5.74, 6) is 2.84. The predicted molar refractivity (Wildman–Crippen MR) is 43.6 cm³/mol. The molecule has 0 atom stereocenters. The quantitative estimate of drug-likeness (QED) is 0.624. The number of aryl methyl sites for hydroxylation is 1. The maximum Gasteiger partial charge on any atom is 0.220 e. The highest BCUT2D eigenvalue weighted by molar-refractivity contribution is 5.17. The molecule has 3 heteroatoms. The van der Waals surface area contributed by atoms with E-state index < -0.39 is 0 Å². The fourth-order valence-corrected chi connectivity index (χ4v) is 0.752. The van der Waals surface area contributed by atoms with Crippen LogP contribution in [0, 0.1) is 12.3 Å². The van der Waals surface area contributed by atoms with Crippen molar-refractivity contribution in [2.75, 3.05) is 5.73 Å². The molecule has 2 N–H and O–H groups in total. The minimum absolute atomic E-state index is 0.305. The molecule has 1 aromatic rings. The molecule has 0 saturated heterocycles. The van der Waals surface area contributed by atoms with E-state index in [0.717, 1.165) is 12.1 Å². The number of hydrogen-bond acceptors (Lipinski definition) is 3. The predicted octanol–water partition coefficient (Wildman–Crippen LogP) is 0.625. The van der Waals surface area contributed by atoms with Crippen molar-refractivity contribution in [3.05, 3.63) is 18.0 Å². The van der Waals surface area contributed by atoms with E-state index in [0.29, 0.717) is 12.4 Å². The first-order valence-electron chi connectivity index (χ1n) is 3.34. The summed E-state index contributed by atoms with van der Waals surface area (Å²) >= 11 is 0. The standard InChI is InChI=1S/C8H9N3/c1-2-3-4-7-5-6-10-8(9)11-7/h1,5-6H,3-4H2,(H2,9,10,11). The van der Waals surface area contributed by atoms with Gasteiger partial charge < -0.3 is 5.73 Å². The van der Waals surface area contributed by atoms with Crippen LogP contribution >= 0.6 is 0 Å². The van der Waals surface area contributed by atoms with Crippen molar-refractivity contribution in [1.82, 2.24) is 9.97 Å². The summed E-state index contributed by atoms with van der Waals surface area (Å²) in [6, 6.07) is 1.81. The summed E-state index contributed by atoms with van der Waals surface area (Å²) in [7, 11) is 0. The minimum Gasteiger partial charge on any atom is -0.368 e. The first-order valence-corrected chi connectivity index (χ1v) is 3.34. The third-order valence-corrected chi connectivity index (χ3v) is 1.26. The Morgan fingerprint density at radius 3 is 3.09 bits per heavy atom. The average molecular weight is 147 g/mol. The Balaban J connectivity index is 2.65. The zero-order chi connectivity index (χ0) is 8.10. The van der Waals surface area contributed by atoms with E-state index in [1.54, 1.807) is 6.20 Å². The molecule has 0 aliphatic heterocycles. The molecule has 3 nitrogen and oxygen atoms in total. The fraction of sp³-hybridized carbons (Fsp3) is 0.250. The number of hydrogen-bond donors (Lipinski definition) is 1. The molecule has 0 fully saturated rings. The zero-order valence-corrected chi connectivity index (χ0v) is 6.12. The van der Waals surface area contributed by atoms with Gasteiger partial charge in [-0.1, -0.05) is 0 Å². The van der Waals surface area contributed by atoms with Gasteiger partial charge in [0, 0.05) is 24.7 Å². The molecule has 11 heavy (non-hydrogen) atoms. The normalized spacial score (nSPS) is 9.00. The smallest absolute Gasteiger partial charge is 0.220 e. The molecule has 0 saturated carbocycles. The molecular weight excluding hydrogens is 138 g/mol. The Morgan fingerprint density at radius 2 is 2.45 bits per heavy atom. The van der Waals surface area contributed by atoms with Gasteiger partial charge in [0.05, 0.1) is 0 Å². The van der Waals surface area contributed by atoms with Crippen LogP contribution in [0.4, 0.5) is 5.95 Å². The molecule has 0 spiro atoms. The van der Waals surface area contributed by atoms with Crippen LogP contribution < -0.4 is 5.73 Å². The SMILES string of the molecule is C#CCCc1ccnc(N)n1. The summed E-state index contributed by atoms with van der Waals surface area (Å²) in [6.45, 7) is 0. The van der Waals surface area contributed by atoms with Crippen molar-refractivity contribution in [3.63, 3.8) is 0 Å². The highest BCUT2D eigenvalue weighted by Crippen LogP contribution is 1.98. The number of terminal acetylenes is 1. The number of aromatic nitrogens is 2. The molecule has 0 aliphatic carbocycles. The lowest BCUT2D eigenvalue weighted by Crippen LogP contribution is -1.97. The van der Waals surface area contributed by atoms with Gasteiger partial charge in [0.15, 0.2) is 0 Å². The highest BCUT2D eigenvalue weighted by Gasteiger charge is 1.93. The molecule has 1 rings (SSSR count). The topological polar surface area (TPSA) is 51.8 Å². The third kappa shape index (κ3) is 2.26. The van der Waals surface area contributed by atoms with Crippen molar-refractivity contribution < 1.29 is 0 Å². The second-order valence-corrected chi connectivity index (χ2v) is 2.11. The van der Waals surface area contributed by atoms with Crippen LogP contribution in [0.1, 0.15) is 12.1 Å². The van der Waals surface area contributed by atoms with Gasteiger partial charge in [-0.3, -0.25) is 0 Å². The van der Waals surface area contributed by atoms with Gasteiger partial charge in [-0.25, -0.2) is 9.97 Å². The molecule has 1 heterocycles. The lowest BCUT2D eigenvalue weighted by molar-refractivity contribution is 0.949. The van der Waals surface area contributed by atoms with Gasteiger partial charge in [0.1, 0.15) is 0 Å². The van der Waals surface area contributed by atoms with E-state index in [1.807, 2.05) is 6.07 Å². The average Bonchev–Trinajstić information content (AvgIpc) is 2.01. The monoisotopic (exact) mass is 147 g/mol. The molecule has 0 aliphatic rings. The molecular formula is C8H9N3. The Morgan fingerprint density at radius 1 is 1.64 bits per heavy atom. The number of rotatable bonds is 2. The molecule has 1 aromatic heterocycles. The Bertz CT molecular complexity index is 275. The van der Waals surface area contributed by atoms with Gasteiger partial charge >= 0.3 is 0 Å². The summed E-state index contributed by atoms with van der Waals surface area (Å²) in [5, 5.41) is 0. The van der Waals surface area contributed by atoms with E-state index in [4.69, 9.17) is 12.2 Å². The summed E-state index contributed by atoms with van der Waals surface area (Å²) in [4.78, 5) is 7.74. The second kappa shape index (κ2) is 3.57. The molecule has 0 amide bonds. The van der Waals surface area contributed by atoms with Crippen molar-refractivity contribution in [3.8, 4) is 12.3 Å². The largest absolute Gasteiger partial charge is 0.368 e. The van der Waals surface area contributed by atoms with Gasteiger partial charge in [-0.2, -0.15) is 0 Å². The van der Waals surface area contributed by atoms with Gasteiger partial charge in [-0.15, -0.1) is 12.3 Å². The molecule has 56 valence electrons. The molecule has 0 aromatic carbocycles. The van der Waals surface area contributed by atoms with Gasteiger partial charge in [-0.05, 0) is 6.07 Å². The summed E-state index contributed by atoms with van der Waals surface area (Å²) in [6.07, 6.45) is 8.18. The third-order valence-electron chi connectivity index (χ3n) is 1.26. The van der Waals surface area contributed by atoms with E-state index in [9.17, 15) is 0 Å². The van der Waals surface area contributed by atoms with Crippen molar-refractivity contribution in [2.45, 2.75) is 12.8 Å². The van der Waals surface area contributed by atoms with Crippen LogP contribution in [-0.4, -0.2) is 9.97 Å². The zero-order valence-electron chi connectivity index (χ0n) is 6.12. The Kier molecular flexibility index (Phi) is 2.45. The highest BCUT2D eigenvalue weighted by atomic mass is 15.0. The van der Waals surface area contributed by atoms with E-state index >= 15 is 0 Å². The van der Waals surface area contributed by atoms with Gasteiger partial charge in [0.25, 0.3) is 0 Å². The van der Waals surface area contributed by atoms with E-state index in [1.165, 1.54) is 0 Å².